The summed E-state index contributed by atoms with van der Waals surface area (Å²) in [5, 5.41) is 0. The third-order valence-corrected chi connectivity index (χ3v) is 4.70. The van der Waals surface area contributed by atoms with Crippen LogP contribution in [0.4, 0.5) is 0 Å². The highest BCUT2D eigenvalue weighted by Gasteiger charge is 2.45. The molecular weight excluding hydrogens is 358 g/mol. The van der Waals surface area contributed by atoms with Gasteiger partial charge in [0.25, 0.3) is 0 Å². The summed E-state index contributed by atoms with van der Waals surface area (Å²) in [5.74, 6) is 1.79. The molecule has 0 aliphatic carbocycles. The molecule has 1 spiro atoms. The summed E-state index contributed by atoms with van der Waals surface area (Å²) in [7, 11) is 0. The van der Waals surface area contributed by atoms with Crippen molar-refractivity contribution in [1.82, 2.24) is 4.98 Å². The lowest BCUT2D eigenvalue weighted by atomic mass is 9.81. The minimum absolute atomic E-state index is 0.349. The molecule has 1 aromatic carbocycles. The van der Waals surface area contributed by atoms with E-state index in [9.17, 15) is 0 Å². The fourth-order valence-electron chi connectivity index (χ4n) is 3.15. The molecule has 2 aliphatic rings. The third-order valence-electron chi connectivity index (χ3n) is 4.26. The van der Waals surface area contributed by atoms with Crippen molar-refractivity contribution in [2.75, 3.05) is 13.2 Å². The number of nitrogens with zero attached hydrogens (tertiary/aromatic N) is 2. The first-order chi connectivity index (χ1) is 11.1. The monoisotopic (exact) mass is 373 g/mol. The number of benzene rings is 1. The number of ether oxygens (including phenoxy) is 2. The first-order valence-corrected chi connectivity index (χ1v) is 8.31. The fourth-order valence-corrected chi connectivity index (χ4v) is 3.48. The Bertz CT molecular complexity index is 821. The van der Waals surface area contributed by atoms with E-state index in [0.717, 1.165) is 27.8 Å². The van der Waals surface area contributed by atoms with Crippen molar-refractivity contribution in [3.63, 3.8) is 0 Å². The maximum atomic E-state index is 6.02. The van der Waals surface area contributed by atoms with E-state index in [2.05, 4.69) is 40.0 Å². The Balaban J connectivity index is 2.03. The van der Waals surface area contributed by atoms with Crippen LogP contribution < -0.4 is 10.5 Å². The van der Waals surface area contributed by atoms with Crippen LogP contribution in [0, 0.1) is 0 Å². The first-order valence-electron chi connectivity index (χ1n) is 7.51. The van der Waals surface area contributed by atoms with Gasteiger partial charge in [0.15, 0.2) is 0 Å². The molecule has 4 rings (SSSR count). The Morgan fingerprint density at radius 3 is 2.96 bits per heavy atom. The van der Waals surface area contributed by atoms with E-state index < -0.39 is 5.54 Å². The number of amidine groups is 1. The summed E-state index contributed by atoms with van der Waals surface area (Å²) in [6.07, 6.45) is 2.65. The molecule has 3 heterocycles. The average molecular weight is 374 g/mol. The second-order valence-electron chi connectivity index (χ2n) is 5.75. The Morgan fingerprint density at radius 2 is 2.17 bits per heavy atom. The molecule has 0 fully saturated rings. The number of rotatable bonds is 1. The van der Waals surface area contributed by atoms with Crippen LogP contribution >= 0.6 is 15.9 Å². The largest absolute Gasteiger partial charge is 0.438 e. The lowest BCUT2D eigenvalue weighted by Gasteiger charge is -2.38. The number of aliphatic imine (C=N–C) groups is 1. The van der Waals surface area contributed by atoms with Gasteiger partial charge in [-0.15, -0.1) is 0 Å². The predicted molar refractivity (Wildman–Crippen MR) is 91.1 cm³/mol. The number of hydrogen-bond donors (Lipinski definition) is 1. The van der Waals surface area contributed by atoms with E-state index in [1.807, 2.05) is 12.1 Å². The number of hydrogen-bond acceptors (Lipinski definition) is 5. The van der Waals surface area contributed by atoms with E-state index in [1.165, 1.54) is 5.56 Å². The molecule has 118 valence electrons. The molecule has 0 radical (unpaired) electrons. The zero-order valence-corrected chi connectivity index (χ0v) is 14.3. The van der Waals surface area contributed by atoms with E-state index >= 15 is 0 Å². The summed E-state index contributed by atoms with van der Waals surface area (Å²) >= 11 is 3.49. The number of pyridine rings is 1. The molecule has 0 amide bonds. The molecule has 5 nitrogen and oxygen atoms in total. The highest BCUT2D eigenvalue weighted by atomic mass is 79.9. The van der Waals surface area contributed by atoms with Crippen molar-refractivity contribution in [2.24, 2.45) is 10.7 Å². The van der Waals surface area contributed by atoms with Crippen LogP contribution in [0.25, 0.3) is 0 Å². The second-order valence-corrected chi connectivity index (χ2v) is 6.66. The predicted octanol–water partition coefficient (Wildman–Crippen LogP) is 3.14. The number of fused-ring (bicyclic) bond motifs is 4. The maximum Gasteiger partial charge on any atom is 0.225 e. The lowest BCUT2D eigenvalue weighted by molar-refractivity contribution is 0.109. The standard InChI is InChI=1S/C17H16BrN3O2/c1-2-10-3-4-14-12(5-10)17(9-22-8-15(19)21-17)13-6-11(18)7-20-16(13)23-14/h3-7H,2,8-9H2,1H3,(H2,19,21). The van der Waals surface area contributed by atoms with Gasteiger partial charge in [0.2, 0.25) is 5.88 Å². The summed E-state index contributed by atoms with van der Waals surface area (Å²) < 4.78 is 12.6. The van der Waals surface area contributed by atoms with Crippen molar-refractivity contribution in [3.8, 4) is 11.6 Å². The topological polar surface area (TPSA) is 69.7 Å². The van der Waals surface area contributed by atoms with Crippen LogP contribution in [0.1, 0.15) is 23.6 Å². The third kappa shape index (κ3) is 2.24. The Hall–Kier alpha value is -1.92. The van der Waals surface area contributed by atoms with Crippen LogP contribution in [-0.2, 0) is 16.7 Å². The molecule has 0 saturated heterocycles. The van der Waals surface area contributed by atoms with Crippen molar-refractivity contribution >= 4 is 21.8 Å². The highest BCUT2D eigenvalue weighted by molar-refractivity contribution is 9.10. The molecule has 2 aromatic rings. The van der Waals surface area contributed by atoms with Gasteiger partial charge in [-0.25, -0.2) is 4.98 Å². The molecule has 1 aromatic heterocycles. The molecule has 2 N–H and O–H groups in total. The minimum Gasteiger partial charge on any atom is -0.438 e. The molecule has 1 unspecified atom stereocenters. The zero-order chi connectivity index (χ0) is 16.0. The normalized spacial score (nSPS) is 22.1. The summed E-state index contributed by atoms with van der Waals surface area (Å²) in [4.78, 5) is 9.20. The number of aryl methyl sites for hydroxylation is 1. The summed E-state index contributed by atoms with van der Waals surface area (Å²) in [6, 6.07) is 8.15. The molecular formula is C17H16BrN3O2. The van der Waals surface area contributed by atoms with Gasteiger partial charge in [-0.1, -0.05) is 13.0 Å². The Kier molecular flexibility index (Phi) is 3.39. The lowest BCUT2D eigenvalue weighted by Crippen LogP contribution is -2.42. The highest BCUT2D eigenvalue weighted by Crippen LogP contribution is 2.50. The summed E-state index contributed by atoms with van der Waals surface area (Å²) in [6.45, 7) is 2.89. The smallest absolute Gasteiger partial charge is 0.225 e. The SMILES string of the molecule is CCc1ccc2c(c1)C1(COCC(N)=N1)c1cc(Br)cnc1O2. The van der Waals surface area contributed by atoms with Gasteiger partial charge in [0.05, 0.1) is 12.2 Å². The molecule has 6 heteroatoms. The van der Waals surface area contributed by atoms with Gasteiger partial charge in [-0.2, -0.15) is 0 Å². The van der Waals surface area contributed by atoms with E-state index in [0.29, 0.717) is 24.9 Å². The van der Waals surface area contributed by atoms with E-state index in [1.54, 1.807) is 6.20 Å². The average Bonchev–Trinajstić information content (AvgIpc) is 2.56. The molecule has 2 aliphatic heterocycles. The summed E-state index contributed by atoms with van der Waals surface area (Å²) in [5.41, 5.74) is 8.38. The molecule has 23 heavy (non-hydrogen) atoms. The van der Waals surface area contributed by atoms with Crippen molar-refractivity contribution < 1.29 is 9.47 Å². The van der Waals surface area contributed by atoms with E-state index in [-0.39, 0.29) is 0 Å². The van der Waals surface area contributed by atoms with Gasteiger partial charge in [0, 0.05) is 16.2 Å². The Labute approximate surface area is 142 Å². The van der Waals surface area contributed by atoms with Gasteiger partial charge in [-0.3, -0.25) is 4.99 Å². The van der Waals surface area contributed by atoms with Crippen LogP contribution in [0.2, 0.25) is 0 Å². The van der Waals surface area contributed by atoms with Gasteiger partial charge in [-0.05, 0) is 46.1 Å². The Morgan fingerprint density at radius 1 is 1.30 bits per heavy atom. The van der Waals surface area contributed by atoms with Crippen LogP contribution in [0.5, 0.6) is 11.6 Å². The quantitative estimate of drug-likeness (QED) is 0.833. The van der Waals surface area contributed by atoms with Crippen LogP contribution in [0.15, 0.2) is 39.9 Å². The van der Waals surface area contributed by atoms with Crippen LogP contribution in [-0.4, -0.2) is 24.0 Å². The zero-order valence-electron chi connectivity index (χ0n) is 12.7. The number of nitrogens with two attached hydrogens (primary N) is 1. The first kappa shape index (κ1) is 14.7. The second kappa shape index (κ2) is 5.32. The van der Waals surface area contributed by atoms with Crippen molar-refractivity contribution in [2.45, 2.75) is 18.9 Å². The maximum absolute atomic E-state index is 6.02. The van der Waals surface area contributed by atoms with Crippen molar-refractivity contribution in [1.29, 1.82) is 0 Å². The fraction of sp³-hybridized carbons (Fsp3) is 0.294. The minimum atomic E-state index is -0.701. The number of aromatic nitrogens is 1. The van der Waals surface area contributed by atoms with E-state index in [4.69, 9.17) is 20.2 Å². The number of halogens is 1. The molecule has 1 atom stereocenters. The van der Waals surface area contributed by atoms with Gasteiger partial charge >= 0.3 is 0 Å². The molecule has 0 saturated carbocycles. The van der Waals surface area contributed by atoms with Crippen molar-refractivity contribution in [3.05, 3.63) is 51.6 Å². The van der Waals surface area contributed by atoms with Gasteiger partial charge in [0.1, 0.15) is 23.7 Å². The van der Waals surface area contributed by atoms with Crippen LogP contribution in [0.3, 0.4) is 0 Å². The molecule has 0 bridgehead atoms. The van der Waals surface area contributed by atoms with Gasteiger partial charge < -0.3 is 15.2 Å².